The van der Waals surface area contributed by atoms with Crippen LogP contribution < -0.4 is 4.74 Å². The monoisotopic (exact) mass is 350 g/mol. The van der Waals surface area contributed by atoms with Gasteiger partial charge in [0, 0.05) is 17.3 Å². The predicted octanol–water partition coefficient (Wildman–Crippen LogP) is 3.66. The number of carboxylic acid groups (broad SMARTS) is 1. The molecule has 5 nitrogen and oxygen atoms in total. The normalized spacial score (nSPS) is 11.7. The smallest absolute Gasteiger partial charge is 0.417 e. The lowest BCUT2D eigenvalue weighted by atomic mass is 9.98. The van der Waals surface area contributed by atoms with Crippen molar-refractivity contribution in [3.63, 3.8) is 0 Å². The van der Waals surface area contributed by atoms with Crippen molar-refractivity contribution in [1.29, 1.82) is 0 Å². The lowest BCUT2D eigenvalue weighted by Gasteiger charge is -2.16. The van der Waals surface area contributed by atoms with E-state index in [2.05, 4.69) is 5.10 Å². The number of aliphatic carboxylic acids is 1. The zero-order valence-electron chi connectivity index (χ0n) is 13.0. The van der Waals surface area contributed by atoms with E-state index in [-0.39, 0.29) is 23.3 Å². The molecule has 2 heterocycles. The van der Waals surface area contributed by atoms with Crippen molar-refractivity contribution >= 4 is 11.5 Å². The van der Waals surface area contributed by atoms with Gasteiger partial charge in [0.25, 0.3) is 0 Å². The Hall–Kier alpha value is -3.03. The molecule has 0 spiro atoms. The maximum absolute atomic E-state index is 13.4. The molecule has 0 amide bonds. The number of halogens is 3. The number of benzene rings is 1. The Morgan fingerprint density at radius 2 is 2.08 bits per heavy atom. The van der Waals surface area contributed by atoms with Gasteiger partial charge in [-0.05, 0) is 29.8 Å². The molecule has 0 radical (unpaired) electrons. The van der Waals surface area contributed by atoms with Crippen LogP contribution in [0.3, 0.4) is 0 Å². The number of methoxy groups -OCH3 is 1. The highest BCUT2D eigenvalue weighted by Gasteiger charge is 2.35. The molecule has 3 aromatic rings. The highest BCUT2D eigenvalue weighted by Crippen LogP contribution is 2.42. The largest absolute Gasteiger partial charge is 0.496 e. The number of alkyl halides is 3. The number of rotatable bonds is 4. The third-order valence-electron chi connectivity index (χ3n) is 3.78. The van der Waals surface area contributed by atoms with Gasteiger partial charge in [-0.1, -0.05) is 6.07 Å². The van der Waals surface area contributed by atoms with Crippen molar-refractivity contribution < 1.29 is 27.8 Å². The third-order valence-corrected chi connectivity index (χ3v) is 3.78. The molecule has 3 rings (SSSR count). The van der Waals surface area contributed by atoms with Crippen molar-refractivity contribution in [3.05, 3.63) is 53.9 Å². The van der Waals surface area contributed by atoms with Crippen molar-refractivity contribution in [2.75, 3.05) is 7.11 Å². The zero-order chi connectivity index (χ0) is 18.2. The fourth-order valence-corrected chi connectivity index (χ4v) is 2.72. The number of aromatic nitrogens is 2. The van der Waals surface area contributed by atoms with Crippen LogP contribution in [0.5, 0.6) is 5.75 Å². The Labute approximate surface area is 140 Å². The molecular weight excluding hydrogens is 337 g/mol. The maximum Gasteiger partial charge on any atom is 0.417 e. The summed E-state index contributed by atoms with van der Waals surface area (Å²) in [4.78, 5) is 10.9. The quantitative estimate of drug-likeness (QED) is 0.780. The van der Waals surface area contributed by atoms with Gasteiger partial charge >= 0.3 is 12.1 Å². The van der Waals surface area contributed by atoms with Crippen LogP contribution in [0, 0.1) is 0 Å². The minimum Gasteiger partial charge on any atom is -0.496 e. The number of ether oxygens (including phenoxy) is 1. The van der Waals surface area contributed by atoms with Crippen LogP contribution in [-0.4, -0.2) is 27.8 Å². The molecule has 0 saturated carbocycles. The standard InChI is InChI=1S/C17H13F3N2O3/c1-25-14-4-2-3-12(17(18,19)20)16(14)10-5-6-22-13(7-10)11(9-21-22)8-15(23)24/h2-7,9H,8H2,1H3,(H,23,24). The number of hydrogen-bond donors (Lipinski definition) is 1. The second-order valence-corrected chi connectivity index (χ2v) is 5.37. The Morgan fingerprint density at radius 1 is 1.32 bits per heavy atom. The summed E-state index contributed by atoms with van der Waals surface area (Å²) in [7, 11) is 1.30. The molecule has 1 aromatic carbocycles. The van der Waals surface area contributed by atoms with Crippen LogP contribution in [0.15, 0.2) is 42.7 Å². The molecule has 25 heavy (non-hydrogen) atoms. The van der Waals surface area contributed by atoms with E-state index in [0.717, 1.165) is 6.07 Å². The molecule has 8 heteroatoms. The summed E-state index contributed by atoms with van der Waals surface area (Å²) in [6.45, 7) is 0. The summed E-state index contributed by atoms with van der Waals surface area (Å²) < 4.78 is 46.7. The van der Waals surface area contributed by atoms with Crippen molar-refractivity contribution in [1.82, 2.24) is 9.61 Å². The summed E-state index contributed by atoms with van der Waals surface area (Å²) in [5.74, 6) is -0.966. The molecule has 0 fully saturated rings. The van der Waals surface area contributed by atoms with Crippen LogP contribution >= 0.6 is 0 Å². The first-order valence-electron chi connectivity index (χ1n) is 7.24. The van der Waals surface area contributed by atoms with Crippen LogP contribution in [-0.2, 0) is 17.4 Å². The fraction of sp³-hybridized carbons (Fsp3) is 0.176. The van der Waals surface area contributed by atoms with Gasteiger partial charge in [-0.2, -0.15) is 18.3 Å². The minimum absolute atomic E-state index is 0.0819. The highest BCUT2D eigenvalue weighted by molar-refractivity contribution is 5.80. The number of pyridine rings is 1. The zero-order valence-corrected chi connectivity index (χ0v) is 13.0. The number of hydrogen-bond acceptors (Lipinski definition) is 3. The highest BCUT2D eigenvalue weighted by atomic mass is 19.4. The van der Waals surface area contributed by atoms with Crippen LogP contribution in [0.4, 0.5) is 13.2 Å². The summed E-state index contributed by atoms with van der Waals surface area (Å²) in [5, 5.41) is 13.0. The van der Waals surface area contributed by atoms with E-state index >= 15 is 0 Å². The van der Waals surface area contributed by atoms with Crippen LogP contribution in [0.1, 0.15) is 11.1 Å². The molecule has 0 saturated heterocycles. The lowest BCUT2D eigenvalue weighted by molar-refractivity contribution is -0.137. The molecule has 1 N–H and O–H groups in total. The van der Waals surface area contributed by atoms with Gasteiger partial charge in [0.2, 0.25) is 0 Å². The van der Waals surface area contributed by atoms with Crippen molar-refractivity contribution in [3.8, 4) is 16.9 Å². The third kappa shape index (κ3) is 3.15. The minimum atomic E-state index is -4.56. The molecule has 0 aliphatic carbocycles. The second-order valence-electron chi connectivity index (χ2n) is 5.37. The molecule has 0 aliphatic rings. The Bertz CT molecular complexity index is 948. The van der Waals surface area contributed by atoms with Gasteiger partial charge in [0.05, 0.1) is 30.8 Å². The van der Waals surface area contributed by atoms with E-state index in [4.69, 9.17) is 9.84 Å². The first kappa shape index (κ1) is 16.8. The SMILES string of the molecule is COc1cccc(C(F)(F)F)c1-c1ccn2ncc(CC(=O)O)c2c1. The summed E-state index contributed by atoms with van der Waals surface area (Å²) >= 11 is 0. The van der Waals surface area contributed by atoms with Gasteiger partial charge in [-0.3, -0.25) is 4.79 Å². The second kappa shape index (κ2) is 6.12. The number of carbonyl (C=O) groups is 1. The molecule has 0 bridgehead atoms. The van der Waals surface area contributed by atoms with E-state index in [9.17, 15) is 18.0 Å². The molecule has 0 atom stereocenters. The van der Waals surface area contributed by atoms with Gasteiger partial charge in [0.1, 0.15) is 5.75 Å². The van der Waals surface area contributed by atoms with E-state index in [1.54, 1.807) is 0 Å². The molecular formula is C17H13F3N2O3. The Balaban J connectivity index is 2.24. The molecule has 130 valence electrons. The lowest BCUT2D eigenvalue weighted by Crippen LogP contribution is -2.08. The van der Waals surface area contributed by atoms with E-state index in [0.29, 0.717) is 11.1 Å². The number of fused-ring (bicyclic) bond motifs is 1. The molecule has 0 aliphatic heterocycles. The summed E-state index contributed by atoms with van der Waals surface area (Å²) in [5.41, 5.74) is 0.194. The van der Waals surface area contributed by atoms with Crippen LogP contribution in [0.2, 0.25) is 0 Å². The van der Waals surface area contributed by atoms with Crippen LogP contribution in [0.25, 0.3) is 16.6 Å². The van der Waals surface area contributed by atoms with Crippen molar-refractivity contribution in [2.45, 2.75) is 12.6 Å². The topological polar surface area (TPSA) is 63.8 Å². The Morgan fingerprint density at radius 3 is 2.72 bits per heavy atom. The van der Waals surface area contributed by atoms with Crippen molar-refractivity contribution in [2.24, 2.45) is 0 Å². The average Bonchev–Trinajstić information content (AvgIpc) is 2.94. The first-order valence-corrected chi connectivity index (χ1v) is 7.24. The van der Waals surface area contributed by atoms with E-state index in [1.807, 2.05) is 0 Å². The van der Waals surface area contributed by atoms with Gasteiger partial charge < -0.3 is 9.84 Å². The van der Waals surface area contributed by atoms with Gasteiger partial charge in [-0.15, -0.1) is 0 Å². The first-order chi connectivity index (χ1) is 11.8. The average molecular weight is 350 g/mol. The summed E-state index contributed by atoms with van der Waals surface area (Å²) in [6.07, 6.45) is -1.95. The summed E-state index contributed by atoms with van der Waals surface area (Å²) in [6, 6.07) is 6.67. The molecule has 0 unspecified atom stereocenters. The number of nitrogens with zero attached hydrogens (tertiary/aromatic N) is 2. The predicted molar refractivity (Wildman–Crippen MR) is 83.5 cm³/mol. The maximum atomic E-state index is 13.4. The molecule has 2 aromatic heterocycles. The fourth-order valence-electron chi connectivity index (χ4n) is 2.72. The Kier molecular flexibility index (Phi) is 4.12. The van der Waals surface area contributed by atoms with E-state index in [1.165, 1.54) is 48.3 Å². The van der Waals surface area contributed by atoms with E-state index < -0.39 is 17.7 Å². The van der Waals surface area contributed by atoms with Gasteiger partial charge in [0.15, 0.2) is 0 Å². The van der Waals surface area contributed by atoms with Gasteiger partial charge in [-0.25, -0.2) is 4.52 Å². The number of carboxylic acids is 1.